The molecular formula is C22H23FN2O3. The number of methoxy groups -OCH3 is 1. The number of aromatic nitrogens is 1. The molecule has 0 aliphatic rings. The van der Waals surface area contributed by atoms with Gasteiger partial charge in [0.05, 0.1) is 7.11 Å². The first kappa shape index (κ1) is 19.6. The van der Waals surface area contributed by atoms with Crippen LogP contribution in [0.3, 0.4) is 0 Å². The number of para-hydroxylation sites is 1. The first-order valence-electron chi connectivity index (χ1n) is 9.04. The van der Waals surface area contributed by atoms with E-state index in [1.807, 2.05) is 36.4 Å². The summed E-state index contributed by atoms with van der Waals surface area (Å²) in [6.07, 6.45) is 1.69. The molecular weight excluding hydrogens is 359 g/mol. The maximum atomic E-state index is 13.9. The third kappa shape index (κ3) is 5.44. The van der Waals surface area contributed by atoms with Gasteiger partial charge in [-0.05, 0) is 18.2 Å². The van der Waals surface area contributed by atoms with Crippen LogP contribution in [0.2, 0.25) is 0 Å². The van der Waals surface area contributed by atoms with E-state index in [0.29, 0.717) is 42.6 Å². The molecule has 0 unspecified atom stereocenters. The quantitative estimate of drug-likeness (QED) is 0.538. The maximum Gasteiger partial charge on any atom is 0.213 e. The second-order valence-electron chi connectivity index (χ2n) is 6.02. The highest BCUT2D eigenvalue weighted by Crippen LogP contribution is 2.32. The van der Waals surface area contributed by atoms with E-state index >= 15 is 0 Å². The van der Waals surface area contributed by atoms with Crippen LogP contribution in [-0.2, 0) is 13.2 Å². The molecule has 0 radical (unpaired) electrons. The Kier molecular flexibility index (Phi) is 7.21. The van der Waals surface area contributed by atoms with E-state index in [4.69, 9.17) is 14.2 Å². The van der Waals surface area contributed by atoms with Crippen molar-refractivity contribution in [2.24, 2.45) is 0 Å². The Balaban J connectivity index is 1.57. The number of pyridine rings is 1. The number of halogens is 1. The molecule has 1 N–H and O–H groups in total. The molecule has 28 heavy (non-hydrogen) atoms. The Morgan fingerprint density at radius 1 is 0.929 bits per heavy atom. The predicted molar refractivity (Wildman–Crippen MR) is 105 cm³/mol. The topological polar surface area (TPSA) is 52.6 Å². The third-order valence-electron chi connectivity index (χ3n) is 4.09. The molecule has 146 valence electrons. The van der Waals surface area contributed by atoms with Crippen LogP contribution in [-0.4, -0.2) is 25.2 Å². The molecule has 0 amide bonds. The highest BCUT2D eigenvalue weighted by molar-refractivity contribution is 5.46. The van der Waals surface area contributed by atoms with Gasteiger partial charge < -0.3 is 19.5 Å². The number of hydrogen-bond donors (Lipinski definition) is 1. The lowest BCUT2D eigenvalue weighted by Gasteiger charge is -2.16. The van der Waals surface area contributed by atoms with Gasteiger partial charge in [0.1, 0.15) is 19.0 Å². The van der Waals surface area contributed by atoms with Crippen LogP contribution in [0.15, 0.2) is 66.9 Å². The van der Waals surface area contributed by atoms with E-state index in [2.05, 4.69) is 10.3 Å². The molecule has 1 heterocycles. The fraction of sp³-hybridized carbons (Fsp3) is 0.227. The zero-order valence-corrected chi connectivity index (χ0v) is 15.7. The Bertz CT molecular complexity index is 875. The minimum absolute atomic E-state index is 0.128. The number of benzene rings is 2. The molecule has 1 aromatic heterocycles. The number of hydrogen-bond acceptors (Lipinski definition) is 5. The van der Waals surface area contributed by atoms with E-state index in [1.54, 1.807) is 31.5 Å². The van der Waals surface area contributed by atoms with Crippen molar-refractivity contribution in [1.82, 2.24) is 10.3 Å². The monoisotopic (exact) mass is 382 g/mol. The van der Waals surface area contributed by atoms with Crippen molar-refractivity contribution in [2.45, 2.75) is 13.2 Å². The molecule has 0 spiro atoms. The summed E-state index contributed by atoms with van der Waals surface area (Å²) in [5, 5.41) is 3.31. The van der Waals surface area contributed by atoms with Crippen LogP contribution in [0.4, 0.5) is 4.39 Å². The minimum Gasteiger partial charge on any atom is -0.493 e. The van der Waals surface area contributed by atoms with Gasteiger partial charge in [-0.2, -0.15) is 0 Å². The summed E-state index contributed by atoms with van der Waals surface area (Å²) < 4.78 is 30.7. The van der Waals surface area contributed by atoms with Crippen LogP contribution in [0, 0.1) is 5.82 Å². The molecule has 5 nitrogen and oxygen atoms in total. The molecule has 3 rings (SSSR count). The lowest BCUT2D eigenvalue weighted by Crippen LogP contribution is -2.21. The standard InChI is InChI=1S/C22H23FN2O3/c1-26-20-10-6-8-17(15-24-13-14-27-21-11-4-5-12-25-21)22(20)28-16-18-7-2-3-9-19(18)23/h2-12,24H,13-16H2,1H3. The lowest BCUT2D eigenvalue weighted by atomic mass is 10.1. The van der Waals surface area contributed by atoms with Crippen molar-refractivity contribution in [3.05, 3.63) is 83.8 Å². The van der Waals surface area contributed by atoms with E-state index < -0.39 is 0 Å². The van der Waals surface area contributed by atoms with Gasteiger partial charge in [0, 0.05) is 36.5 Å². The molecule has 0 bridgehead atoms. The molecule has 0 aliphatic carbocycles. The number of nitrogens with zero attached hydrogens (tertiary/aromatic N) is 1. The fourth-order valence-corrected chi connectivity index (χ4v) is 2.67. The molecule has 0 atom stereocenters. The zero-order valence-electron chi connectivity index (χ0n) is 15.7. The van der Waals surface area contributed by atoms with Gasteiger partial charge >= 0.3 is 0 Å². The van der Waals surface area contributed by atoms with E-state index in [-0.39, 0.29) is 12.4 Å². The van der Waals surface area contributed by atoms with Crippen LogP contribution in [0.5, 0.6) is 17.4 Å². The van der Waals surface area contributed by atoms with E-state index in [9.17, 15) is 4.39 Å². The normalized spacial score (nSPS) is 10.5. The van der Waals surface area contributed by atoms with Gasteiger partial charge in [0.2, 0.25) is 5.88 Å². The Hall–Kier alpha value is -3.12. The van der Waals surface area contributed by atoms with E-state index in [1.165, 1.54) is 6.07 Å². The van der Waals surface area contributed by atoms with Crippen molar-refractivity contribution in [1.29, 1.82) is 0 Å². The smallest absolute Gasteiger partial charge is 0.213 e. The largest absolute Gasteiger partial charge is 0.493 e. The van der Waals surface area contributed by atoms with Crippen molar-refractivity contribution >= 4 is 0 Å². The predicted octanol–water partition coefficient (Wildman–Crippen LogP) is 3.98. The zero-order chi connectivity index (χ0) is 19.6. The summed E-state index contributed by atoms with van der Waals surface area (Å²) in [5.41, 5.74) is 1.42. The van der Waals surface area contributed by atoms with Crippen molar-refractivity contribution in [3.63, 3.8) is 0 Å². The Morgan fingerprint density at radius 3 is 2.54 bits per heavy atom. The fourth-order valence-electron chi connectivity index (χ4n) is 2.67. The first-order valence-corrected chi connectivity index (χ1v) is 9.04. The molecule has 0 saturated heterocycles. The third-order valence-corrected chi connectivity index (χ3v) is 4.09. The highest BCUT2D eigenvalue weighted by atomic mass is 19.1. The van der Waals surface area contributed by atoms with Crippen LogP contribution >= 0.6 is 0 Å². The van der Waals surface area contributed by atoms with Crippen LogP contribution in [0.25, 0.3) is 0 Å². The molecule has 0 aliphatic heterocycles. The summed E-state index contributed by atoms with van der Waals surface area (Å²) in [5.74, 6) is 1.52. The SMILES string of the molecule is COc1cccc(CNCCOc2ccccn2)c1OCc1ccccc1F. The second-order valence-corrected chi connectivity index (χ2v) is 6.02. The Morgan fingerprint density at radius 2 is 1.75 bits per heavy atom. The van der Waals surface area contributed by atoms with Gasteiger partial charge in [-0.15, -0.1) is 0 Å². The average Bonchev–Trinajstić information content (AvgIpc) is 2.74. The van der Waals surface area contributed by atoms with Gasteiger partial charge in [0.15, 0.2) is 11.5 Å². The van der Waals surface area contributed by atoms with Gasteiger partial charge in [-0.25, -0.2) is 9.37 Å². The van der Waals surface area contributed by atoms with Crippen molar-refractivity contribution in [3.8, 4) is 17.4 Å². The number of rotatable bonds is 10. The van der Waals surface area contributed by atoms with Crippen molar-refractivity contribution < 1.29 is 18.6 Å². The molecule has 0 saturated carbocycles. The number of nitrogens with one attached hydrogen (secondary N) is 1. The lowest BCUT2D eigenvalue weighted by molar-refractivity contribution is 0.274. The van der Waals surface area contributed by atoms with Gasteiger partial charge in [0.25, 0.3) is 0 Å². The highest BCUT2D eigenvalue weighted by Gasteiger charge is 2.12. The average molecular weight is 382 g/mol. The summed E-state index contributed by atoms with van der Waals surface area (Å²) in [4.78, 5) is 4.11. The summed E-state index contributed by atoms with van der Waals surface area (Å²) >= 11 is 0. The minimum atomic E-state index is -0.288. The number of ether oxygens (including phenoxy) is 3. The molecule has 3 aromatic rings. The van der Waals surface area contributed by atoms with Gasteiger partial charge in [-0.1, -0.05) is 36.4 Å². The molecule has 6 heteroatoms. The Labute approximate surface area is 164 Å². The molecule has 2 aromatic carbocycles. The summed E-state index contributed by atoms with van der Waals surface area (Å²) in [6.45, 7) is 1.82. The van der Waals surface area contributed by atoms with Crippen molar-refractivity contribution in [2.75, 3.05) is 20.3 Å². The maximum absolute atomic E-state index is 13.9. The van der Waals surface area contributed by atoms with Crippen LogP contribution < -0.4 is 19.5 Å². The summed E-state index contributed by atoms with van der Waals surface area (Å²) in [6, 6.07) is 17.8. The van der Waals surface area contributed by atoms with Gasteiger partial charge in [-0.3, -0.25) is 0 Å². The first-order chi connectivity index (χ1) is 13.8. The summed E-state index contributed by atoms with van der Waals surface area (Å²) in [7, 11) is 1.59. The second kappa shape index (κ2) is 10.3. The molecule has 0 fully saturated rings. The van der Waals surface area contributed by atoms with E-state index in [0.717, 1.165) is 5.56 Å². The van der Waals surface area contributed by atoms with Crippen LogP contribution in [0.1, 0.15) is 11.1 Å².